The number of aryl methyl sites for hydroxylation is 1. The van der Waals surface area contributed by atoms with E-state index in [0.717, 1.165) is 40.9 Å². The lowest BCUT2D eigenvalue weighted by atomic mass is 10.1. The van der Waals surface area contributed by atoms with Crippen molar-refractivity contribution in [3.8, 4) is 0 Å². The van der Waals surface area contributed by atoms with Crippen LogP contribution in [0.3, 0.4) is 0 Å². The van der Waals surface area contributed by atoms with E-state index in [1.165, 1.54) is 18.5 Å². The molecular weight excluding hydrogens is 434 g/mol. The molecule has 0 atom stereocenters. The van der Waals surface area contributed by atoms with Crippen molar-refractivity contribution >= 4 is 57.9 Å². The number of carbonyl (C=O) groups is 3. The number of rotatable bonds is 5. The topological polar surface area (TPSA) is 69.7 Å². The lowest BCUT2D eigenvalue weighted by Gasteiger charge is -2.18. The molecule has 2 aliphatic rings. The number of carbonyl (C=O) groups excluding carboxylic acids is 3. The smallest absolute Gasteiger partial charge is 0.294 e. The van der Waals surface area contributed by atoms with Gasteiger partial charge in [-0.1, -0.05) is 17.7 Å². The fraction of sp³-hybridized carbons (Fsp3) is 0.261. The average Bonchev–Trinajstić information content (AvgIpc) is 3.36. The summed E-state index contributed by atoms with van der Waals surface area (Å²) in [6, 6.07) is 12.7. The molecule has 2 aromatic carbocycles. The van der Waals surface area contributed by atoms with Gasteiger partial charge in [-0.25, -0.2) is 0 Å². The van der Waals surface area contributed by atoms with Crippen molar-refractivity contribution in [2.75, 3.05) is 29.9 Å². The van der Waals surface area contributed by atoms with Crippen LogP contribution in [0.4, 0.5) is 16.2 Å². The SMILES string of the molecule is Cc1cc(N2CCCC2)ccc1/C=C1\SC(=O)N(CC(=O)Nc2ccc(Cl)cc2)C1=O. The number of benzene rings is 2. The highest BCUT2D eigenvalue weighted by atomic mass is 35.5. The van der Waals surface area contributed by atoms with Gasteiger partial charge in [0.25, 0.3) is 11.1 Å². The molecule has 0 radical (unpaired) electrons. The second-order valence-electron chi connectivity index (χ2n) is 7.56. The van der Waals surface area contributed by atoms with E-state index in [-0.39, 0.29) is 6.54 Å². The molecule has 0 unspecified atom stereocenters. The number of amides is 3. The zero-order valence-electron chi connectivity index (χ0n) is 17.1. The molecule has 3 amide bonds. The first-order chi connectivity index (χ1) is 14.9. The quantitative estimate of drug-likeness (QED) is 0.648. The first-order valence-electron chi connectivity index (χ1n) is 10.1. The van der Waals surface area contributed by atoms with Gasteiger partial charge >= 0.3 is 0 Å². The molecule has 2 fully saturated rings. The van der Waals surface area contributed by atoms with Crippen molar-refractivity contribution in [2.24, 2.45) is 0 Å². The van der Waals surface area contributed by atoms with Gasteiger partial charge in [-0.2, -0.15) is 0 Å². The van der Waals surface area contributed by atoms with Crippen molar-refractivity contribution in [1.29, 1.82) is 0 Å². The second kappa shape index (κ2) is 9.16. The molecule has 31 heavy (non-hydrogen) atoms. The minimum absolute atomic E-state index is 0.321. The molecule has 8 heteroatoms. The van der Waals surface area contributed by atoms with Crippen LogP contribution in [-0.4, -0.2) is 41.6 Å². The van der Waals surface area contributed by atoms with E-state index in [2.05, 4.69) is 16.3 Å². The van der Waals surface area contributed by atoms with E-state index in [1.807, 2.05) is 19.1 Å². The number of hydrogen-bond donors (Lipinski definition) is 1. The molecule has 0 aliphatic carbocycles. The molecule has 2 aliphatic heterocycles. The maximum Gasteiger partial charge on any atom is 0.294 e. The predicted molar refractivity (Wildman–Crippen MR) is 125 cm³/mol. The zero-order chi connectivity index (χ0) is 22.0. The molecule has 6 nitrogen and oxygen atoms in total. The van der Waals surface area contributed by atoms with Gasteiger partial charge in [-0.15, -0.1) is 0 Å². The van der Waals surface area contributed by atoms with Crippen molar-refractivity contribution in [3.63, 3.8) is 0 Å². The zero-order valence-corrected chi connectivity index (χ0v) is 18.6. The molecular formula is C23H22ClN3O3S. The summed E-state index contributed by atoms with van der Waals surface area (Å²) in [4.78, 5) is 41.0. The molecule has 0 bridgehead atoms. The average molecular weight is 456 g/mol. The summed E-state index contributed by atoms with van der Waals surface area (Å²) < 4.78 is 0. The Bertz CT molecular complexity index is 1060. The third-order valence-electron chi connectivity index (χ3n) is 5.31. The number of hydrogen-bond acceptors (Lipinski definition) is 5. The Morgan fingerprint density at radius 1 is 1.13 bits per heavy atom. The number of halogens is 1. The minimum atomic E-state index is -0.454. The predicted octanol–water partition coefficient (Wildman–Crippen LogP) is 4.92. The summed E-state index contributed by atoms with van der Waals surface area (Å²) in [6.07, 6.45) is 4.14. The Hall–Kier alpha value is -2.77. The molecule has 4 rings (SSSR count). The van der Waals surface area contributed by atoms with Gasteiger partial charge in [0.1, 0.15) is 6.54 Å². The number of imide groups is 1. The first-order valence-corrected chi connectivity index (χ1v) is 11.3. The normalized spacial score (nSPS) is 17.7. The van der Waals surface area contributed by atoms with Gasteiger partial charge in [0, 0.05) is 29.5 Å². The summed E-state index contributed by atoms with van der Waals surface area (Å²) in [6.45, 7) is 3.79. The van der Waals surface area contributed by atoms with Crippen molar-refractivity contribution < 1.29 is 14.4 Å². The van der Waals surface area contributed by atoms with Gasteiger partial charge in [0.2, 0.25) is 5.91 Å². The van der Waals surface area contributed by atoms with Crippen LogP contribution >= 0.6 is 23.4 Å². The first kappa shape index (κ1) is 21.5. The second-order valence-corrected chi connectivity index (χ2v) is 8.99. The van der Waals surface area contributed by atoms with E-state index in [4.69, 9.17) is 11.6 Å². The third-order valence-corrected chi connectivity index (χ3v) is 6.47. The standard InChI is InChI=1S/C23H22ClN3O3S/c1-15-12-19(26-10-2-3-11-26)9-4-16(15)13-20-22(29)27(23(30)31-20)14-21(28)25-18-7-5-17(24)6-8-18/h4-9,12-13H,2-3,10-11,14H2,1H3,(H,25,28)/b20-13-. The lowest BCUT2D eigenvalue weighted by Crippen LogP contribution is -2.36. The fourth-order valence-corrected chi connectivity index (χ4v) is 4.60. The summed E-state index contributed by atoms with van der Waals surface area (Å²) in [5.74, 6) is -0.902. The molecule has 0 aromatic heterocycles. The number of thioether (sulfide) groups is 1. The van der Waals surface area contributed by atoms with Crippen LogP contribution in [0.2, 0.25) is 5.02 Å². The highest BCUT2D eigenvalue weighted by molar-refractivity contribution is 8.18. The Balaban J connectivity index is 1.44. The van der Waals surface area contributed by atoms with Gasteiger partial charge in [-0.3, -0.25) is 19.3 Å². The van der Waals surface area contributed by atoms with Gasteiger partial charge in [0.15, 0.2) is 0 Å². The molecule has 160 valence electrons. The highest BCUT2D eigenvalue weighted by Gasteiger charge is 2.36. The minimum Gasteiger partial charge on any atom is -0.372 e. The summed E-state index contributed by atoms with van der Waals surface area (Å²) >= 11 is 6.69. The Morgan fingerprint density at radius 2 is 1.84 bits per heavy atom. The van der Waals surface area contributed by atoms with Crippen LogP contribution in [0.25, 0.3) is 6.08 Å². The number of nitrogens with zero attached hydrogens (tertiary/aromatic N) is 2. The van der Waals surface area contributed by atoms with E-state index in [0.29, 0.717) is 15.6 Å². The van der Waals surface area contributed by atoms with Gasteiger partial charge in [0.05, 0.1) is 4.91 Å². The van der Waals surface area contributed by atoms with E-state index in [9.17, 15) is 14.4 Å². The maximum atomic E-state index is 12.8. The third kappa shape index (κ3) is 4.94. The Kier molecular flexibility index (Phi) is 6.34. The van der Waals surface area contributed by atoms with E-state index in [1.54, 1.807) is 30.3 Å². The summed E-state index contributed by atoms with van der Waals surface area (Å²) in [5, 5.41) is 2.77. The molecule has 1 N–H and O–H groups in total. The lowest BCUT2D eigenvalue weighted by molar-refractivity contribution is -0.127. The Labute approximate surface area is 190 Å². The van der Waals surface area contributed by atoms with Crippen LogP contribution in [0.15, 0.2) is 47.4 Å². The molecule has 0 saturated carbocycles. The molecule has 2 heterocycles. The van der Waals surface area contributed by atoms with Crippen LogP contribution in [-0.2, 0) is 9.59 Å². The summed E-state index contributed by atoms with van der Waals surface area (Å²) in [7, 11) is 0. The monoisotopic (exact) mass is 455 g/mol. The van der Waals surface area contributed by atoms with Crippen LogP contribution in [0.5, 0.6) is 0 Å². The number of nitrogens with one attached hydrogen (secondary N) is 1. The molecule has 2 aromatic rings. The van der Waals surface area contributed by atoms with Crippen LogP contribution < -0.4 is 10.2 Å². The molecule has 2 saturated heterocycles. The number of anilines is 2. The fourth-order valence-electron chi connectivity index (χ4n) is 3.65. The largest absolute Gasteiger partial charge is 0.372 e. The maximum absolute atomic E-state index is 12.8. The Morgan fingerprint density at radius 3 is 2.52 bits per heavy atom. The van der Waals surface area contributed by atoms with Crippen molar-refractivity contribution in [2.45, 2.75) is 19.8 Å². The summed E-state index contributed by atoms with van der Waals surface area (Å²) in [5.41, 5.74) is 3.65. The van der Waals surface area contributed by atoms with E-state index < -0.39 is 17.1 Å². The highest BCUT2D eigenvalue weighted by Crippen LogP contribution is 2.33. The van der Waals surface area contributed by atoms with Crippen LogP contribution in [0, 0.1) is 6.92 Å². The van der Waals surface area contributed by atoms with Gasteiger partial charge < -0.3 is 10.2 Å². The van der Waals surface area contributed by atoms with Crippen molar-refractivity contribution in [1.82, 2.24) is 4.90 Å². The molecule has 0 spiro atoms. The van der Waals surface area contributed by atoms with Crippen molar-refractivity contribution in [3.05, 3.63) is 63.5 Å². The van der Waals surface area contributed by atoms with E-state index >= 15 is 0 Å². The van der Waals surface area contributed by atoms with Gasteiger partial charge in [-0.05, 0) is 85.1 Å². The van der Waals surface area contributed by atoms with Crippen LogP contribution in [0.1, 0.15) is 24.0 Å².